The van der Waals surface area contributed by atoms with Gasteiger partial charge in [-0.3, -0.25) is 14.4 Å². The van der Waals surface area contributed by atoms with E-state index in [9.17, 15) is 14.4 Å². The smallest absolute Gasteiger partial charge is 0.267 e. The van der Waals surface area contributed by atoms with Gasteiger partial charge in [0.2, 0.25) is 5.91 Å². The Hall–Kier alpha value is -3.39. The third-order valence-corrected chi connectivity index (χ3v) is 4.51. The first-order valence-electron chi connectivity index (χ1n) is 9.45. The molecule has 0 aliphatic carbocycles. The molecule has 1 unspecified atom stereocenters. The van der Waals surface area contributed by atoms with Crippen LogP contribution in [0.25, 0.3) is 0 Å². The summed E-state index contributed by atoms with van der Waals surface area (Å²) in [5.74, 6) is -0.189. The molecule has 0 spiro atoms. The van der Waals surface area contributed by atoms with Gasteiger partial charge in [-0.15, -0.1) is 0 Å². The molecule has 0 bridgehead atoms. The van der Waals surface area contributed by atoms with Crippen molar-refractivity contribution in [2.45, 2.75) is 19.4 Å². The molecule has 152 valence electrons. The topological polar surface area (TPSA) is 114 Å². The lowest BCUT2D eigenvalue weighted by molar-refractivity contribution is -0.125. The van der Waals surface area contributed by atoms with E-state index in [1.807, 2.05) is 12.1 Å². The fraction of sp³-hybridized carbons (Fsp3) is 0.286. The molecular weight excluding hydrogens is 372 g/mol. The second-order valence-electron chi connectivity index (χ2n) is 6.61. The second-order valence-corrected chi connectivity index (χ2v) is 6.61. The van der Waals surface area contributed by atoms with E-state index >= 15 is 0 Å². The number of rotatable bonds is 7. The maximum absolute atomic E-state index is 12.5. The van der Waals surface area contributed by atoms with Crippen molar-refractivity contribution in [2.24, 2.45) is 5.73 Å². The van der Waals surface area contributed by atoms with Crippen LogP contribution in [0.15, 0.2) is 48.5 Å². The van der Waals surface area contributed by atoms with Gasteiger partial charge in [-0.1, -0.05) is 24.3 Å². The Morgan fingerprint density at radius 3 is 2.66 bits per heavy atom. The predicted octanol–water partition coefficient (Wildman–Crippen LogP) is 1.52. The molecule has 4 N–H and O–H groups in total. The molecule has 0 saturated carbocycles. The van der Waals surface area contributed by atoms with Gasteiger partial charge >= 0.3 is 0 Å². The van der Waals surface area contributed by atoms with E-state index in [0.29, 0.717) is 35.8 Å². The normalized spacial score (nSPS) is 15.3. The summed E-state index contributed by atoms with van der Waals surface area (Å²) in [5.41, 5.74) is 6.83. The quantitative estimate of drug-likeness (QED) is 0.657. The van der Waals surface area contributed by atoms with Gasteiger partial charge in [0.1, 0.15) is 5.75 Å². The SMILES string of the molecule is CC1Oc2ccccc2N(CCC(=O)Nc2ccccc2C(=O)NCCN)C1=O. The number of anilines is 2. The van der Waals surface area contributed by atoms with Crippen LogP contribution in [0.4, 0.5) is 11.4 Å². The van der Waals surface area contributed by atoms with Crippen LogP contribution in [-0.4, -0.2) is 43.5 Å². The zero-order valence-electron chi connectivity index (χ0n) is 16.2. The summed E-state index contributed by atoms with van der Waals surface area (Å²) in [6.07, 6.45) is -0.536. The number of carbonyl (C=O) groups is 3. The number of nitrogens with one attached hydrogen (secondary N) is 2. The average molecular weight is 396 g/mol. The van der Waals surface area contributed by atoms with Crippen molar-refractivity contribution < 1.29 is 19.1 Å². The monoisotopic (exact) mass is 396 g/mol. The zero-order valence-corrected chi connectivity index (χ0v) is 16.2. The van der Waals surface area contributed by atoms with E-state index in [4.69, 9.17) is 10.5 Å². The van der Waals surface area contributed by atoms with Gasteiger partial charge in [0.25, 0.3) is 11.8 Å². The predicted molar refractivity (Wildman–Crippen MR) is 110 cm³/mol. The standard InChI is InChI=1S/C21H24N4O4/c1-14-21(28)25(17-8-4-5-9-18(17)29-14)13-10-19(26)24-16-7-3-2-6-15(16)20(27)23-12-11-22/h2-9,14H,10-13,22H2,1H3,(H,23,27)(H,24,26). The Kier molecular flexibility index (Phi) is 6.46. The highest BCUT2D eigenvalue weighted by Crippen LogP contribution is 2.33. The summed E-state index contributed by atoms with van der Waals surface area (Å²) in [7, 11) is 0. The van der Waals surface area contributed by atoms with Crippen molar-refractivity contribution in [1.29, 1.82) is 0 Å². The van der Waals surface area contributed by atoms with Gasteiger partial charge in [-0.05, 0) is 31.2 Å². The number of para-hydroxylation sites is 3. The van der Waals surface area contributed by atoms with Crippen molar-refractivity contribution in [2.75, 3.05) is 29.9 Å². The Labute approximate surface area is 169 Å². The van der Waals surface area contributed by atoms with Gasteiger partial charge in [0, 0.05) is 26.1 Å². The number of hydrogen-bond acceptors (Lipinski definition) is 5. The van der Waals surface area contributed by atoms with Crippen molar-refractivity contribution in [3.05, 3.63) is 54.1 Å². The molecule has 1 aliphatic heterocycles. The Bertz CT molecular complexity index is 915. The van der Waals surface area contributed by atoms with E-state index < -0.39 is 6.10 Å². The van der Waals surface area contributed by atoms with Crippen LogP contribution in [-0.2, 0) is 9.59 Å². The van der Waals surface area contributed by atoms with E-state index in [1.54, 1.807) is 48.2 Å². The number of amides is 3. The largest absolute Gasteiger partial charge is 0.479 e. The molecule has 1 aliphatic rings. The first-order valence-corrected chi connectivity index (χ1v) is 9.45. The van der Waals surface area contributed by atoms with Gasteiger partial charge in [-0.25, -0.2) is 0 Å². The molecule has 0 aromatic heterocycles. The Morgan fingerprint density at radius 1 is 1.14 bits per heavy atom. The highest BCUT2D eigenvalue weighted by atomic mass is 16.5. The lowest BCUT2D eigenvalue weighted by Crippen LogP contribution is -2.45. The molecule has 0 fully saturated rings. The fourth-order valence-corrected chi connectivity index (χ4v) is 3.09. The maximum atomic E-state index is 12.5. The minimum atomic E-state index is -0.611. The van der Waals surface area contributed by atoms with Crippen molar-refractivity contribution in [3.8, 4) is 5.75 Å². The lowest BCUT2D eigenvalue weighted by atomic mass is 10.1. The first kappa shape index (κ1) is 20.3. The number of benzene rings is 2. The van der Waals surface area contributed by atoms with E-state index in [2.05, 4.69) is 10.6 Å². The lowest BCUT2D eigenvalue weighted by Gasteiger charge is -2.32. The third kappa shape index (κ3) is 4.72. The molecule has 0 radical (unpaired) electrons. The number of nitrogens with two attached hydrogens (primary N) is 1. The third-order valence-electron chi connectivity index (χ3n) is 4.51. The van der Waals surface area contributed by atoms with Gasteiger partial charge in [0.05, 0.1) is 16.9 Å². The van der Waals surface area contributed by atoms with Crippen LogP contribution in [0.3, 0.4) is 0 Å². The molecule has 8 heteroatoms. The van der Waals surface area contributed by atoms with E-state index in [1.165, 1.54) is 0 Å². The number of hydrogen-bond donors (Lipinski definition) is 3. The second kappa shape index (κ2) is 9.20. The molecule has 29 heavy (non-hydrogen) atoms. The number of nitrogens with zero attached hydrogens (tertiary/aromatic N) is 1. The summed E-state index contributed by atoms with van der Waals surface area (Å²) >= 11 is 0. The zero-order chi connectivity index (χ0) is 20.8. The fourth-order valence-electron chi connectivity index (χ4n) is 3.09. The maximum Gasteiger partial charge on any atom is 0.267 e. The molecule has 0 saturated heterocycles. The molecule has 3 rings (SSSR count). The first-order chi connectivity index (χ1) is 14.0. The summed E-state index contributed by atoms with van der Waals surface area (Å²) in [6.45, 7) is 2.56. The van der Waals surface area contributed by atoms with Gasteiger partial charge < -0.3 is 26.0 Å². The van der Waals surface area contributed by atoms with Crippen molar-refractivity contribution >= 4 is 29.1 Å². The summed E-state index contributed by atoms with van der Waals surface area (Å²) in [6, 6.07) is 14.0. The number of ether oxygens (including phenoxy) is 1. The molecule has 2 aromatic rings. The van der Waals surface area contributed by atoms with Gasteiger partial charge in [0.15, 0.2) is 6.10 Å². The number of carbonyl (C=O) groups excluding carboxylic acids is 3. The molecular formula is C21H24N4O4. The average Bonchev–Trinajstić information content (AvgIpc) is 2.72. The van der Waals surface area contributed by atoms with Crippen molar-refractivity contribution in [3.63, 3.8) is 0 Å². The molecule has 1 atom stereocenters. The number of fused-ring (bicyclic) bond motifs is 1. The molecule has 2 aromatic carbocycles. The van der Waals surface area contributed by atoms with E-state index in [-0.39, 0.29) is 30.7 Å². The van der Waals surface area contributed by atoms with E-state index in [0.717, 1.165) is 0 Å². The summed E-state index contributed by atoms with van der Waals surface area (Å²) < 4.78 is 5.61. The van der Waals surface area contributed by atoms with Gasteiger partial charge in [-0.2, -0.15) is 0 Å². The minimum Gasteiger partial charge on any atom is -0.479 e. The molecule has 3 amide bonds. The van der Waals surface area contributed by atoms with Crippen LogP contribution in [0.1, 0.15) is 23.7 Å². The summed E-state index contributed by atoms with van der Waals surface area (Å²) in [4.78, 5) is 38.8. The van der Waals surface area contributed by atoms with Crippen molar-refractivity contribution in [1.82, 2.24) is 5.32 Å². The molecule has 1 heterocycles. The Morgan fingerprint density at radius 2 is 1.86 bits per heavy atom. The van der Waals surface area contributed by atoms with Crippen LogP contribution >= 0.6 is 0 Å². The van der Waals surface area contributed by atoms with Crippen LogP contribution in [0.5, 0.6) is 5.75 Å². The Balaban J connectivity index is 1.67. The summed E-state index contributed by atoms with van der Waals surface area (Å²) in [5, 5.41) is 5.44. The van der Waals surface area contributed by atoms with Crippen LogP contribution < -0.4 is 26.0 Å². The van der Waals surface area contributed by atoms with Crippen LogP contribution in [0.2, 0.25) is 0 Å². The minimum absolute atomic E-state index is 0.0749. The highest BCUT2D eigenvalue weighted by molar-refractivity contribution is 6.04. The highest BCUT2D eigenvalue weighted by Gasteiger charge is 2.31. The molecule has 8 nitrogen and oxygen atoms in total. The van der Waals surface area contributed by atoms with Crippen LogP contribution in [0, 0.1) is 0 Å².